The Bertz CT molecular complexity index is 334. The van der Waals surface area contributed by atoms with Crippen LogP contribution in [0.3, 0.4) is 0 Å². The Morgan fingerprint density at radius 3 is 2.50 bits per heavy atom. The number of nitrogens with zero attached hydrogens (tertiary/aromatic N) is 2. The molecule has 0 aliphatic carbocycles. The van der Waals surface area contributed by atoms with Crippen LogP contribution in [0, 0.1) is 6.92 Å². The Morgan fingerprint density at radius 1 is 1.31 bits per heavy atom. The third kappa shape index (κ3) is 3.27. The molecule has 1 N–H and O–H groups in total. The van der Waals surface area contributed by atoms with Gasteiger partial charge < -0.3 is 5.32 Å². The van der Waals surface area contributed by atoms with Crippen molar-refractivity contribution in [3.63, 3.8) is 0 Å². The summed E-state index contributed by atoms with van der Waals surface area (Å²) < 4.78 is 0. The van der Waals surface area contributed by atoms with Crippen LogP contribution < -0.4 is 5.32 Å². The molecule has 3 nitrogen and oxygen atoms in total. The molecule has 0 radical (unpaired) electrons. The van der Waals surface area contributed by atoms with Crippen molar-refractivity contribution in [1.29, 1.82) is 0 Å². The van der Waals surface area contributed by atoms with Crippen LogP contribution in [0.4, 0.5) is 0 Å². The Morgan fingerprint density at radius 2 is 2.00 bits per heavy atom. The molecule has 0 aromatic carbocycles. The average molecular weight is 221 g/mol. The fraction of sp³-hybridized carbons (Fsp3) is 0.692. The van der Waals surface area contributed by atoms with Crippen molar-refractivity contribution in [1.82, 2.24) is 15.3 Å². The lowest BCUT2D eigenvalue weighted by atomic mass is 10.1. The molecule has 90 valence electrons. The monoisotopic (exact) mass is 221 g/mol. The Balaban J connectivity index is 2.81. The van der Waals surface area contributed by atoms with Crippen LogP contribution in [0.1, 0.15) is 63.2 Å². The van der Waals surface area contributed by atoms with E-state index in [2.05, 4.69) is 49.9 Å². The van der Waals surface area contributed by atoms with Crippen molar-refractivity contribution >= 4 is 0 Å². The molecule has 1 heterocycles. The van der Waals surface area contributed by atoms with Crippen molar-refractivity contribution in [2.75, 3.05) is 6.54 Å². The van der Waals surface area contributed by atoms with Crippen LogP contribution in [0.2, 0.25) is 0 Å². The molecule has 16 heavy (non-hydrogen) atoms. The summed E-state index contributed by atoms with van der Waals surface area (Å²) in [6.07, 6.45) is 3.11. The number of aryl methyl sites for hydroxylation is 1. The zero-order valence-corrected chi connectivity index (χ0v) is 11.0. The van der Waals surface area contributed by atoms with Crippen molar-refractivity contribution in [3.05, 3.63) is 23.3 Å². The smallest absolute Gasteiger partial charge is 0.131 e. The summed E-state index contributed by atoms with van der Waals surface area (Å²) in [5.74, 6) is 1.33. The van der Waals surface area contributed by atoms with E-state index in [1.807, 2.05) is 6.20 Å². The number of hydrogen-bond acceptors (Lipinski definition) is 3. The summed E-state index contributed by atoms with van der Waals surface area (Å²) in [4.78, 5) is 8.97. The summed E-state index contributed by atoms with van der Waals surface area (Å²) in [7, 11) is 0. The van der Waals surface area contributed by atoms with Gasteiger partial charge in [0, 0.05) is 29.4 Å². The van der Waals surface area contributed by atoms with E-state index in [0.29, 0.717) is 12.0 Å². The van der Waals surface area contributed by atoms with E-state index >= 15 is 0 Å². The molecule has 1 unspecified atom stereocenters. The molecule has 0 fully saturated rings. The third-order valence-corrected chi connectivity index (χ3v) is 2.72. The Labute approximate surface area is 98.7 Å². The van der Waals surface area contributed by atoms with Gasteiger partial charge in [0.15, 0.2) is 0 Å². The molecule has 1 aromatic heterocycles. The van der Waals surface area contributed by atoms with Crippen molar-refractivity contribution in [3.8, 4) is 0 Å². The lowest BCUT2D eigenvalue weighted by molar-refractivity contribution is 0.562. The van der Waals surface area contributed by atoms with E-state index < -0.39 is 0 Å². The molecule has 3 heteroatoms. The highest BCUT2D eigenvalue weighted by molar-refractivity contribution is 5.20. The number of aromatic nitrogens is 2. The van der Waals surface area contributed by atoms with Crippen LogP contribution in [-0.2, 0) is 0 Å². The quantitative estimate of drug-likeness (QED) is 0.830. The molecule has 0 saturated heterocycles. The van der Waals surface area contributed by atoms with E-state index in [-0.39, 0.29) is 0 Å². The second kappa shape index (κ2) is 5.94. The minimum absolute atomic E-state index is 0.334. The fourth-order valence-electron chi connectivity index (χ4n) is 1.67. The minimum Gasteiger partial charge on any atom is -0.310 e. The van der Waals surface area contributed by atoms with E-state index in [0.717, 1.165) is 24.5 Å². The SMILES string of the molecule is CCCNC(C)c1cnc(C(C)C)nc1C. The van der Waals surface area contributed by atoms with Crippen LogP contribution in [0.5, 0.6) is 0 Å². The van der Waals surface area contributed by atoms with Crippen LogP contribution in [0.15, 0.2) is 6.20 Å². The first-order chi connectivity index (χ1) is 7.56. The summed E-state index contributed by atoms with van der Waals surface area (Å²) in [5, 5.41) is 3.46. The van der Waals surface area contributed by atoms with Gasteiger partial charge in [-0.1, -0.05) is 20.8 Å². The molecule has 0 amide bonds. The standard InChI is InChI=1S/C13H23N3/c1-6-7-14-10(4)12-8-15-13(9(2)3)16-11(12)5/h8-10,14H,6-7H2,1-5H3. The van der Waals surface area contributed by atoms with Gasteiger partial charge in [-0.3, -0.25) is 0 Å². The van der Waals surface area contributed by atoms with Gasteiger partial charge in [0.2, 0.25) is 0 Å². The van der Waals surface area contributed by atoms with Gasteiger partial charge >= 0.3 is 0 Å². The Kier molecular flexibility index (Phi) is 4.87. The molecule has 1 aromatic rings. The van der Waals surface area contributed by atoms with Gasteiger partial charge in [0.25, 0.3) is 0 Å². The summed E-state index contributed by atoms with van der Waals surface area (Å²) in [6, 6.07) is 0.334. The lowest BCUT2D eigenvalue weighted by Gasteiger charge is -2.16. The van der Waals surface area contributed by atoms with Gasteiger partial charge in [-0.05, 0) is 26.8 Å². The van der Waals surface area contributed by atoms with Gasteiger partial charge in [-0.2, -0.15) is 0 Å². The van der Waals surface area contributed by atoms with Crippen molar-refractivity contribution in [2.24, 2.45) is 0 Å². The van der Waals surface area contributed by atoms with E-state index in [4.69, 9.17) is 0 Å². The third-order valence-electron chi connectivity index (χ3n) is 2.72. The first-order valence-electron chi connectivity index (χ1n) is 6.13. The molecule has 0 bridgehead atoms. The zero-order valence-electron chi connectivity index (χ0n) is 11.0. The first kappa shape index (κ1) is 13.1. The molecule has 0 spiro atoms. The van der Waals surface area contributed by atoms with Crippen molar-refractivity contribution < 1.29 is 0 Å². The number of rotatable bonds is 5. The maximum Gasteiger partial charge on any atom is 0.131 e. The minimum atomic E-state index is 0.334. The first-order valence-corrected chi connectivity index (χ1v) is 6.13. The van der Waals surface area contributed by atoms with Crippen LogP contribution in [-0.4, -0.2) is 16.5 Å². The highest BCUT2D eigenvalue weighted by Crippen LogP contribution is 2.17. The molecular weight excluding hydrogens is 198 g/mol. The van der Waals surface area contributed by atoms with Gasteiger partial charge in [-0.15, -0.1) is 0 Å². The fourth-order valence-corrected chi connectivity index (χ4v) is 1.67. The summed E-state index contributed by atoms with van der Waals surface area (Å²) >= 11 is 0. The van der Waals surface area contributed by atoms with E-state index in [9.17, 15) is 0 Å². The highest BCUT2D eigenvalue weighted by Gasteiger charge is 2.11. The van der Waals surface area contributed by atoms with E-state index in [1.165, 1.54) is 5.56 Å². The maximum atomic E-state index is 4.55. The highest BCUT2D eigenvalue weighted by atomic mass is 14.9. The number of nitrogens with one attached hydrogen (secondary N) is 1. The molecule has 0 aliphatic heterocycles. The van der Waals surface area contributed by atoms with Crippen LogP contribution in [0.25, 0.3) is 0 Å². The molecule has 0 aliphatic rings. The zero-order chi connectivity index (χ0) is 12.1. The lowest BCUT2D eigenvalue weighted by Crippen LogP contribution is -2.21. The molecule has 1 atom stereocenters. The normalized spacial score (nSPS) is 13.1. The average Bonchev–Trinajstić information content (AvgIpc) is 2.25. The molecule has 1 rings (SSSR count). The maximum absolute atomic E-state index is 4.55. The molecular formula is C13H23N3. The molecule has 0 saturated carbocycles. The van der Waals surface area contributed by atoms with Crippen molar-refractivity contribution in [2.45, 2.75) is 53.0 Å². The van der Waals surface area contributed by atoms with Gasteiger partial charge in [0.05, 0.1) is 0 Å². The van der Waals surface area contributed by atoms with Crippen LogP contribution >= 0.6 is 0 Å². The van der Waals surface area contributed by atoms with Gasteiger partial charge in [0.1, 0.15) is 5.82 Å². The predicted octanol–water partition coefficient (Wildman–Crippen LogP) is 2.97. The summed E-state index contributed by atoms with van der Waals surface area (Å²) in [6.45, 7) is 11.7. The predicted molar refractivity (Wildman–Crippen MR) is 67.6 cm³/mol. The number of hydrogen-bond donors (Lipinski definition) is 1. The summed E-state index contributed by atoms with van der Waals surface area (Å²) in [5.41, 5.74) is 2.30. The Hall–Kier alpha value is -0.960. The second-order valence-corrected chi connectivity index (χ2v) is 4.60. The largest absolute Gasteiger partial charge is 0.310 e. The second-order valence-electron chi connectivity index (χ2n) is 4.60. The van der Waals surface area contributed by atoms with Gasteiger partial charge in [-0.25, -0.2) is 9.97 Å². The topological polar surface area (TPSA) is 37.8 Å². The van der Waals surface area contributed by atoms with E-state index in [1.54, 1.807) is 0 Å².